The van der Waals surface area contributed by atoms with E-state index in [9.17, 15) is 4.79 Å². The fraction of sp³-hybridized carbons (Fsp3) is 0.583. The van der Waals surface area contributed by atoms with Crippen LogP contribution in [0.3, 0.4) is 0 Å². The van der Waals surface area contributed by atoms with Crippen LogP contribution in [-0.4, -0.2) is 15.9 Å². The first-order valence-corrected chi connectivity index (χ1v) is 7.70. The van der Waals surface area contributed by atoms with E-state index in [0.29, 0.717) is 21.4 Å². The molecule has 6 heteroatoms. The van der Waals surface area contributed by atoms with E-state index < -0.39 is 0 Å². The Bertz CT molecular complexity index is 399. The molecule has 1 aromatic rings. The minimum Gasteiger partial charge on any atom is -0.308 e. The molecule has 18 heavy (non-hydrogen) atoms. The maximum absolute atomic E-state index is 11.7. The van der Waals surface area contributed by atoms with Crippen molar-refractivity contribution in [1.29, 1.82) is 0 Å². The summed E-state index contributed by atoms with van der Waals surface area (Å²) in [5.41, 5.74) is 0. The number of nitrogens with zero attached hydrogens (tertiary/aromatic N) is 2. The van der Waals surface area contributed by atoms with Crippen LogP contribution in [0.1, 0.15) is 45.4 Å². The van der Waals surface area contributed by atoms with E-state index in [1.807, 2.05) is 0 Å². The van der Waals surface area contributed by atoms with Crippen molar-refractivity contribution >= 4 is 43.6 Å². The first-order chi connectivity index (χ1) is 8.63. The van der Waals surface area contributed by atoms with Crippen molar-refractivity contribution in [1.82, 2.24) is 9.97 Å². The number of anilines is 1. The lowest BCUT2D eigenvalue weighted by atomic mass is 10.1. The molecule has 1 rings (SSSR count). The second-order valence-electron chi connectivity index (χ2n) is 4.04. The van der Waals surface area contributed by atoms with E-state index in [1.54, 1.807) is 6.20 Å². The molecule has 0 spiro atoms. The van der Waals surface area contributed by atoms with Gasteiger partial charge in [0.1, 0.15) is 9.21 Å². The lowest BCUT2D eigenvalue weighted by Gasteiger charge is -2.05. The maximum Gasteiger partial charge on any atom is 0.225 e. The van der Waals surface area contributed by atoms with E-state index in [2.05, 4.69) is 54.1 Å². The summed E-state index contributed by atoms with van der Waals surface area (Å²) >= 11 is 6.47. The number of halogens is 2. The van der Waals surface area contributed by atoms with Gasteiger partial charge in [-0.3, -0.25) is 4.79 Å². The van der Waals surface area contributed by atoms with Gasteiger partial charge in [-0.15, -0.1) is 0 Å². The Kier molecular flexibility index (Phi) is 7.42. The summed E-state index contributed by atoms with van der Waals surface area (Å²) in [6.07, 6.45) is 7.78. The van der Waals surface area contributed by atoms with Gasteiger partial charge in [0, 0.05) is 6.42 Å². The third-order valence-electron chi connectivity index (χ3n) is 2.47. The van der Waals surface area contributed by atoms with Crippen molar-refractivity contribution in [3.8, 4) is 0 Å². The Morgan fingerprint density at radius 1 is 1.28 bits per heavy atom. The van der Waals surface area contributed by atoms with Crippen LogP contribution in [0.4, 0.5) is 5.82 Å². The quantitative estimate of drug-likeness (QED) is 0.719. The first kappa shape index (κ1) is 15.6. The number of hydrogen-bond acceptors (Lipinski definition) is 3. The summed E-state index contributed by atoms with van der Waals surface area (Å²) in [4.78, 5) is 19.9. The molecule has 0 atom stereocenters. The van der Waals surface area contributed by atoms with E-state index in [-0.39, 0.29) is 5.91 Å². The fourth-order valence-corrected chi connectivity index (χ4v) is 2.42. The Morgan fingerprint density at radius 3 is 2.67 bits per heavy atom. The number of unbranched alkanes of at least 4 members (excludes halogenated alkanes) is 4. The van der Waals surface area contributed by atoms with Crippen LogP contribution in [0.2, 0.25) is 0 Å². The van der Waals surface area contributed by atoms with Crippen LogP contribution in [0, 0.1) is 0 Å². The average Bonchev–Trinajstić information content (AvgIpc) is 2.32. The molecule has 100 valence electrons. The molecule has 0 saturated carbocycles. The molecule has 4 nitrogen and oxygen atoms in total. The Labute approximate surface area is 124 Å². The van der Waals surface area contributed by atoms with Crippen molar-refractivity contribution in [2.24, 2.45) is 0 Å². The number of hydrogen-bond donors (Lipinski definition) is 1. The molecule has 0 radical (unpaired) electrons. The van der Waals surface area contributed by atoms with Gasteiger partial charge in [0.05, 0.1) is 6.20 Å². The highest BCUT2D eigenvalue weighted by Crippen LogP contribution is 2.19. The second kappa shape index (κ2) is 8.58. The molecule has 0 aliphatic heterocycles. The van der Waals surface area contributed by atoms with Gasteiger partial charge >= 0.3 is 0 Å². The van der Waals surface area contributed by atoms with Crippen molar-refractivity contribution in [3.63, 3.8) is 0 Å². The molecule has 1 amide bonds. The summed E-state index contributed by atoms with van der Waals surface area (Å²) in [5, 5.41) is 2.75. The molecule has 0 unspecified atom stereocenters. The van der Waals surface area contributed by atoms with Crippen LogP contribution in [0.15, 0.2) is 15.4 Å². The van der Waals surface area contributed by atoms with Crippen LogP contribution >= 0.6 is 31.9 Å². The standard InChI is InChI=1S/C12H17Br2N3O/c1-2-3-4-5-6-7-10(18)17-12-11(14)16-9(13)8-15-12/h8H,2-7H2,1H3,(H,15,17,18). The summed E-state index contributed by atoms with van der Waals surface area (Å²) in [6.45, 7) is 2.18. The van der Waals surface area contributed by atoms with E-state index in [1.165, 1.54) is 19.3 Å². The number of rotatable bonds is 7. The van der Waals surface area contributed by atoms with Gasteiger partial charge in [-0.2, -0.15) is 0 Å². The van der Waals surface area contributed by atoms with Gasteiger partial charge in [-0.1, -0.05) is 32.6 Å². The highest BCUT2D eigenvalue weighted by molar-refractivity contribution is 9.11. The zero-order chi connectivity index (χ0) is 13.4. The molecule has 0 aliphatic rings. The van der Waals surface area contributed by atoms with Crippen LogP contribution in [0.5, 0.6) is 0 Å². The lowest BCUT2D eigenvalue weighted by molar-refractivity contribution is -0.116. The van der Waals surface area contributed by atoms with Gasteiger partial charge in [0.15, 0.2) is 5.82 Å². The minimum absolute atomic E-state index is 0.0104. The fourth-order valence-electron chi connectivity index (χ4n) is 1.51. The summed E-state index contributed by atoms with van der Waals surface area (Å²) < 4.78 is 1.17. The normalized spacial score (nSPS) is 10.4. The number of aromatic nitrogens is 2. The third kappa shape index (κ3) is 5.91. The minimum atomic E-state index is -0.0104. The topological polar surface area (TPSA) is 54.9 Å². The average molecular weight is 379 g/mol. The smallest absolute Gasteiger partial charge is 0.225 e. The molecule has 0 saturated heterocycles. The van der Waals surface area contributed by atoms with Crippen molar-refractivity contribution in [2.75, 3.05) is 5.32 Å². The monoisotopic (exact) mass is 377 g/mol. The summed E-state index contributed by atoms with van der Waals surface area (Å²) in [7, 11) is 0. The molecule has 1 N–H and O–H groups in total. The van der Waals surface area contributed by atoms with Gasteiger partial charge in [0.25, 0.3) is 0 Å². The van der Waals surface area contributed by atoms with Crippen molar-refractivity contribution < 1.29 is 4.79 Å². The summed E-state index contributed by atoms with van der Waals surface area (Å²) in [5.74, 6) is 0.459. The predicted octanol–water partition coefficient (Wildman–Crippen LogP) is 4.30. The Morgan fingerprint density at radius 2 is 2.00 bits per heavy atom. The predicted molar refractivity (Wildman–Crippen MR) is 79.4 cm³/mol. The molecule has 0 bridgehead atoms. The maximum atomic E-state index is 11.7. The van der Waals surface area contributed by atoms with Gasteiger partial charge in [-0.25, -0.2) is 9.97 Å². The highest BCUT2D eigenvalue weighted by atomic mass is 79.9. The molecular weight excluding hydrogens is 362 g/mol. The SMILES string of the molecule is CCCCCCCC(=O)Nc1ncc(Br)nc1Br. The number of carbonyl (C=O) groups excluding carboxylic acids is 1. The second-order valence-corrected chi connectivity index (χ2v) is 5.61. The lowest BCUT2D eigenvalue weighted by Crippen LogP contribution is -2.13. The number of nitrogens with one attached hydrogen (secondary N) is 1. The molecular formula is C12H17Br2N3O. The Balaban J connectivity index is 2.31. The summed E-state index contributed by atoms with van der Waals surface area (Å²) in [6, 6.07) is 0. The van der Waals surface area contributed by atoms with Crippen LogP contribution in [-0.2, 0) is 4.79 Å². The third-order valence-corrected chi connectivity index (χ3v) is 3.40. The van der Waals surface area contributed by atoms with E-state index in [4.69, 9.17) is 0 Å². The molecule has 0 aromatic carbocycles. The van der Waals surface area contributed by atoms with Crippen LogP contribution in [0.25, 0.3) is 0 Å². The van der Waals surface area contributed by atoms with E-state index in [0.717, 1.165) is 12.8 Å². The zero-order valence-corrected chi connectivity index (χ0v) is 13.6. The first-order valence-electron chi connectivity index (χ1n) is 6.11. The molecule has 0 aliphatic carbocycles. The molecule has 1 aromatic heterocycles. The molecule has 0 fully saturated rings. The highest BCUT2D eigenvalue weighted by Gasteiger charge is 2.08. The van der Waals surface area contributed by atoms with E-state index >= 15 is 0 Å². The Hall–Kier alpha value is -0.490. The number of carbonyl (C=O) groups is 1. The largest absolute Gasteiger partial charge is 0.308 e. The van der Waals surface area contributed by atoms with Gasteiger partial charge in [-0.05, 0) is 38.3 Å². The van der Waals surface area contributed by atoms with Gasteiger partial charge < -0.3 is 5.32 Å². The van der Waals surface area contributed by atoms with Gasteiger partial charge in [0.2, 0.25) is 5.91 Å². The zero-order valence-electron chi connectivity index (χ0n) is 10.4. The number of amides is 1. The van der Waals surface area contributed by atoms with Crippen LogP contribution < -0.4 is 5.32 Å². The van der Waals surface area contributed by atoms with Crippen molar-refractivity contribution in [2.45, 2.75) is 45.4 Å². The van der Waals surface area contributed by atoms with Crippen molar-refractivity contribution in [3.05, 3.63) is 15.4 Å². The molecule has 1 heterocycles.